The Morgan fingerprint density at radius 3 is 2.43 bits per heavy atom. The molecule has 1 N–H and O–H groups in total. The van der Waals surface area contributed by atoms with Gasteiger partial charge in [0.2, 0.25) is 5.75 Å². The van der Waals surface area contributed by atoms with Crippen LogP contribution in [-0.2, 0) is 11.8 Å². The first-order valence-corrected chi connectivity index (χ1v) is 12.0. The topological polar surface area (TPSA) is 69.5 Å². The van der Waals surface area contributed by atoms with Crippen molar-refractivity contribution in [3.63, 3.8) is 0 Å². The number of aryl methyl sites for hydroxylation is 2. The quantitative estimate of drug-likeness (QED) is 0.304. The number of rotatable bonds is 4. The highest BCUT2D eigenvalue weighted by atomic mass is 16.5. The van der Waals surface area contributed by atoms with E-state index < -0.39 is 0 Å². The third-order valence-corrected chi connectivity index (χ3v) is 7.62. The molecular formula is C29H30N2O4. The molecule has 0 fully saturated rings. The largest absolute Gasteiger partial charge is 0.493 e. The van der Waals surface area contributed by atoms with Crippen LogP contribution in [0, 0.1) is 6.92 Å². The van der Waals surface area contributed by atoms with Crippen molar-refractivity contribution in [3.05, 3.63) is 47.2 Å². The molecule has 35 heavy (non-hydrogen) atoms. The predicted octanol–water partition coefficient (Wildman–Crippen LogP) is 7.08. The van der Waals surface area contributed by atoms with E-state index in [4.69, 9.17) is 23.6 Å². The van der Waals surface area contributed by atoms with E-state index in [1.807, 2.05) is 18.4 Å². The predicted molar refractivity (Wildman–Crippen MR) is 139 cm³/mol. The van der Waals surface area contributed by atoms with E-state index in [1.165, 1.54) is 29.4 Å². The van der Waals surface area contributed by atoms with E-state index in [1.54, 1.807) is 21.3 Å². The van der Waals surface area contributed by atoms with Gasteiger partial charge in [-0.15, -0.1) is 0 Å². The molecule has 0 radical (unpaired) electrons. The van der Waals surface area contributed by atoms with Crippen LogP contribution in [0.1, 0.15) is 43.4 Å². The zero-order valence-electron chi connectivity index (χ0n) is 21.1. The summed E-state index contributed by atoms with van der Waals surface area (Å²) in [5, 5.41) is 3.40. The molecule has 0 saturated carbocycles. The fraction of sp³-hybridized carbons (Fsp3) is 0.345. The maximum absolute atomic E-state index is 6.13. The van der Waals surface area contributed by atoms with Gasteiger partial charge in [-0.1, -0.05) is 26.0 Å². The molecule has 0 amide bonds. The number of H-pyrrole nitrogens is 1. The lowest BCUT2D eigenvalue weighted by Gasteiger charge is -2.33. The molecule has 0 atom stereocenters. The molecule has 2 aromatic heterocycles. The van der Waals surface area contributed by atoms with Gasteiger partial charge in [-0.25, -0.2) is 4.98 Å². The molecular weight excluding hydrogens is 440 g/mol. The summed E-state index contributed by atoms with van der Waals surface area (Å²) >= 11 is 0. The third-order valence-electron chi connectivity index (χ3n) is 7.62. The van der Waals surface area contributed by atoms with E-state index in [9.17, 15) is 0 Å². The van der Waals surface area contributed by atoms with Crippen LogP contribution < -0.4 is 14.2 Å². The number of hydrogen-bond donors (Lipinski definition) is 1. The Morgan fingerprint density at radius 2 is 1.74 bits per heavy atom. The van der Waals surface area contributed by atoms with Gasteiger partial charge in [0.15, 0.2) is 11.5 Å². The molecule has 180 valence electrons. The minimum atomic E-state index is 0.137. The van der Waals surface area contributed by atoms with Gasteiger partial charge in [0.1, 0.15) is 11.4 Å². The summed E-state index contributed by atoms with van der Waals surface area (Å²) in [6.45, 7) is 6.77. The molecule has 5 aromatic rings. The van der Waals surface area contributed by atoms with Gasteiger partial charge >= 0.3 is 0 Å². The van der Waals surface area contributed by atoms with Gasteiger partial charge in [-0.05, 0) is 60.4 Å². The van der Waals surface area contributed by atoms with Gasteiger partial charge in [0.05, 0.1) is 38.6 Å². The van der Waals surface area contributed by atoms with Crippen molar-refractivity contribution < 1.29 is 18.6 Å². The minimum Gasteiger partial charge on any atom is -0.493 e. The number of ether oxygens (including phenoxy) is 3. The van der Waals surface area contributed by atoms with Gasteiger partial charge < -0.3 is 23.6 Å². The van der Waals surface area contributed by atoms with Gasteiger partial charge in [-0.2, -0.15) is 0 Å². The van der Waals surface area contributed by atoms with Crippen LogP contribution in [0.2, 0.25) is 0 Å². The first-order chi connectivity index (χ1) is 16.9. The van der Waals surface area contributed by atoms with Crippen molar-refractivity contribution in [1.82, 2.24) is 9.97 Å². The first kappa shape index (κ1) is 21.8. The van der Waals surface area contributed by atoms with Crippen LogP contribution in [0.4, 0.5) is 0 Å². The number of furan rings is 1. The van der Waals surface area contributed by atoms with Gasteiger partial charge in [0.25, 0.3) is 0 Å². The standard InChI is InChI=1S/C29H30N2O4/c1-15-14-35-26-18-9-10-19-17(8-7-11-29(19,2)3)23(18)25-24(22(15)26)30-28(31-25)16-12-20(32-4)27(34-6)21(13-16)33-5/h9-10,12-14H,7-8,11H2,1-6H3,(H,30,31). The Bertz CT molecular complexity index is 1600. The Hall–Kier alpha value is -3.67. The van der Waals surface area contributed by atoms with E-state index in [0.717, 1.165) is 50.8 Å². The molecule has 1 aliphatic rings. The molecule has 0 saturated heterocycles. The zero-order valence-corrected chi connectivity index (χ0v) is 21.1. The van der Waals surface area contributed by atoms with Crippen molar-refractivity contribution in [2.75, 3.05) is 21.3 Å². The maximum Gasteiger partial charge on any atom is 0.203 e. The SMILES string of the molecule is COc1cc(-c2nc3c([nH]2)c2c(C)coc2c2ccc4c(c23)CCCC4(C)C)cc(OC)c1OC. The lowest BCUT2D eigenvalue weighted by molar-refractivity contribution is 0.324. The molecule has 2 heterocycles. The Labute approximate surface area is 204 Å². The smallest absolute Gasteiger partial charge is 0.203 e. The average molecular weight is 471 g/mol. The van der Waals surface area contributed by atoms with E-state index in [-0.39, 0.29) is 5.41 Å². The van der Waals surface area contributed by atoms with Crippen molar-refractivity contribution >= 4 is 32.8 Å². The zero-order chi connectivity index (χ0) is 24.5. The monoisotopic (exact) mass is 470 g/mol. The molecule has 0 spiro atoms. The second-order valence-electron chi connectivity index (χ2n) is 10.1. The van der Waals surface area contributed by atoms with Crippen molar-refractivity contribution in [2.24, 2.45) is 0 Å². The van der Waals surface area contributed by atoms with Crippen LogP contribution in [0.15, 0.2) is 34.9 Å². The fourth-order valence-corrected chi connectivity index (χ4v) is 5.89. The molecule has 6 nitrogen and oxygen atoms in total. The lowest BCUT2D eigenvalue weighted by atomic mass is 9.71. The van der Waals surface area contributed by atoms with Gasteiger partial charge in [0, 0.05) is 21.7 Å². The summed E-state index contributed by atoms with van der Waals surface area (Å²) in [4.78, 5) is 8.81. The van der Waals surface area contributed by atoms with E-state index in [2.05, 4.69) is 37.9 Å². The second kappa shape index (κ2) is 7.67. The van der Waals surface area contributed by atoms with Crippen molar-refractivity contribution in [2.45, 2.75) is 45.4 Å². The van der Waals surface area contributed by atoms with Crippen molar-refractivity contribution in [3.8, 4) is 28.6 Å². The number of imidazole rings is 1. The third kappa shape index (κ3) is 3.05. The Morgan fingerprint density at radius 1 is 1.00 bits per heavy atom. The lowest BCUT2D eigenvalue weighted by Crippen LogP contribution is -2.23. The highest BCUT2D eigenvalue weighted by Crippen LogP contribution is 2.46. The highest BCUT2D eigenvalue weighted by Gasteiger charge is 2.30. The van der Waals surface area contributed by atoms with Crippen LogP contribution in [-0.4, -0.2) is 31.3 Å². The first-order valence-electron chi connectivity index (χ1n) is 12.0. The summed E-state index contributed by atoms with van der Waals surface area (Å²) < 4.78 is 22.8. The Kier molecular flexibility index (Phi) is 4.78. The molecule has 3 aromatic carbocycles. The second-order valence-corrected chi connectivity index (χ2v) is 10.1. The number of methoxy groups -OCH3 is 3. The van der Waals surface area contributed by atoms with Gasteiger partial charge in [-0.3, -0.25) is 0 Å². The van der Waals surface area contributed by atoms with Crippen LogP contribution in [0.25, 0.3) is 44.2 Å². The molecule has 0 aliphatic heterocycles. The summed E-state index contributed by atoms with van der Waals surface area (Å²) in [6, 6.07) is 8.38. The number of aromatic amines is 1. The minimum absolute atomic E-state index is 0.137. The van der Waals surface area contributed by atoms with Crippen molar-refractivity contribution in [1.29, 1.82) is 0 Å². The number of hydrogen-bond acceptors (Lipinski definition) is 5. The van der Waals surface area contributed by atoms with E-state index in [0.29, 0.717) is 17.2 Å². The molecule has 6 rings (SSSR count). The average Bonchev–Trinajstić information content (AvgIpc) is 3.46. The van der Waals surface area contributed by atoms with Crippen LogP contribution >= 0.6 is 0 Å². The fourth-order valence-electron chi connectivity index (χ4n) is 5.89. The molecule has 6 heteroatoms. The van der Waals surface area contributed by atoms with Crippen LogP contribution in [0.3, 0.4) is 0 Å². The number of nitrogens with one attached hydrogen (secondary N) is 1. The molecule has 0 unspecified atom stereocenters. The Balaban J connectivity index is 1.72. The summed E-state index contributed by atoms with van der Waals surface area (Å²) in [7, 11) is 4.86. The number of aromatic nitrogens is 2. The number of nitrogens with zero attached hydrogens (tertiary/aromatic N) is 1. The maximum atomic E-state index is 6.13. The summed E-state index contributed by atoms with van der Waals surface area (Å²) in [5.74, 6) is 2.50. The van der Waals surface area contributed by atoms with E-state index >= 15 is 0 Å². The highest BCUT2D eigenvalue weighted by molar-refractivity contribution is 6.24. The molecule has 0 bridgehead atoms. The molecule has 1 aliphatic carbocycles. The number of benzene rings is 3. The van der Waals surface area contributed by atoms with Crippen LogP contribution in [0.5, 0.6) is 17.2 Å². The normalized spacial score (nSPS) is 15.0. The summed E-state index contributed by atoms with van der Waals surface area (Å²) in [5.41, 5.74) is 7.79. The summed E-state index contributed by atoms with van der Waals surface area (Å²) in [6.07, 6.45) is 5.24. The number of fused-ring (bicyclic) bond motifs is 8.